The summed E-state index contributed by atoms with van der Waals surface area (Å²) in [6, 6.07) is 15.1. The van der Waals surface area contributed by atoms with Crippen LogP contribution >= 0.6 is 0 Å². The normalized spacial score (nSPS) is 29.9. The van der Waals surface area contributed by atoms with E-state index >= 15 is 0 Å². The van der Waals surface area contributed by atoms with Gasteiger partial charge in [-0.25, -0.2) is 0 Å². The molecule has 2 N–H and O–H groups in total. The molecule has 2 aliphatic carbocycles. The summed E-state index contributed by atoms with van der Waals surface area (Å²) >= 11 is 0. The van der Waals surface area contributed by atoms with Crippen molar-refractivity contribution >= 4 is 17.3 Å². The molecule has 1 fully saturated rings. The summed E-state index contributed by atoms with van der Waals surface area (Å²) < 4.78 is 5.91. The molecular weight excluding hydrogens is 400 g/mol. The van der Waals surface area contributed by atoms with Gasteiger partial charge in [-0.05, 0) is 12.1 Å². The predicted molar refractivity (Wildman–Crippen MR) is 103 cm³/mol. The van der Waals surface area contributed by atoms with E-state index < -0.39 is 40.3 Å². The van der Waals surface area contributed by atoms with Crippen molar-refractivity contribution in [1.82, 2.24) is 10.2 Å². The third-order valence-electron chi connectivity index (χ3n) is 6.51. The molecule has 0 unspecified atom stereocenters. The Hall–Kier alpha value is -3.59. The molecule has 0 bridgehead atoms. The molecule has 2 aromatic carbocycles. The average Bonchev–Trinajstić information content (AvgIpc) is 3.22. The molecular formula is C23H14N2O6. The van der Waals surface area contributed by atoms with Gasteiger partial charge < -0.3 is 14.9 Å². The number of benzene rings is 2. The van der Waals surface area contributed by atoms with Crippen molar-refractivity contribution < 1.29 is 29.3 Å². The monoisotopic (exact) mass is 414 g/mol. The number of hydrogen-bond donors (Lipinski definition) is 2. The first-order chi connectivity index (χ1) is 14.9. The van der Waals surface area contributed by atoms with Gasteiger partial charge >= 0.3 is 0 Å². The van der Waals surface area contributed by atoms with Gasteiger partial charge in [0.2, 0.25) is 28.7 Å². The first kappa shape index (κ1) is 18.2. The van der Waals surface area contributed by atoms with Crippen molar-refractivity contribution in [2.24, 2.45) is 0 Å². The summed E-state index contributed by atoms with van der Waals surface area (Å²) in [7, 11) is 0. The molecule has 3 aromatic rings. The molecule has 0 saturated carbocycles. The molecule has 0 radical (unpaired) electrons. The molecule has 0 amide bonds. The number of aliphatic hydroxyl groups is 2. The second kappa shape index (κ2) is 5.55. The Labute approximate surface area is 175 Å². The number of nitrogens with zero attached hydrogens (tertiary/aromatic N) is 2. The Kier molecular flexibility index (Phi) is 3.26. The Morgan fingerprint density at radius 1 is 0.774 bits per heavy atom. The SMILES string of the molecule is O=C1c2ccccc2C(=O)C12O[C@]1(O)c3ccccc3C(=O)[C@@]1(O)[C@H]2c1cccnn1. The molecule has 152 valence electrons. The lowest BCUT2D eigenvalue weighted by molar-refractivity contribution is -0.255. The minimum Gasteiger partial charge on any atom is -0.376 e. The van der Waals surface area contributed by atoms with E-state index in [2.05, 4.69) is 10.2 Å². The van der Waals surface area contributed by atoms with Gasteiger partial charge in [0.25, 0.3) is 0 Å². The van der Waals surface area contributed by atoms with E-state index in [1.54, 1.807) is 24.3 Å². The molecule has 1 spiro atoms. The van der Waals surface area contributed by atoms with E-state index in [-0.39, 0.29) is 27.9 Å². The maximum absolute atomic E-state index is 13.6. The average molecular weight is 414 g/mol. The zero-order chi connectivity index (χ0) is 21.6. The number of rotatable bonds is 1. The molecule has 31 heavy (non-hydrogen) atoms. The minimum atomic E-state index is -2.67. The van der Waals surface area contributed by atoms with Crippen LogP contribution in [0.3, 0.4) is 0 Å². The summed E-state index contributed by atoms with van der Waals surface area (Å²) in [5.74, 6) is -6.59. The Balaban J connectivity index is 1.70. The lowest BCUT2D eigenvalue weighted by atomic mass is 9.70. The van der Waals surface area contributed by atoms with E-state index in [0.29, 0.717) is 0 Å². The maximum Gasteiger partial charge on any atom is 0.233 e. The fraction of sp³-hybridized carbons (Fsp3) is 0.174. The number of ether oxygens (including phenoxy) is 1. The summed E-state index contributed by atoms with van der Waals surface area (Å²) in [5.41, 5.74) is -4.83. The van der Waals surface area contributed by atoms with Gasteiger partial charge in [-0.2, -0.15) is 10.2 Å². The van der Waals surface area contributed by atoms with Crippen LogP contribution in [0, 0.1) is 0 Å². The molecule has 8 nitrogen and oxygen atoms in total. The molecule has 2 heterocycles. The van der Waals surface area contributed by atoms with Crippen LogP contribution < -0.4 is 0 Å². The Morgan fingerprint density at radius 2 is 1.39 bits per heavy atom. The van der Waals surface area contributed by atoms with Gasteiger partial charge in [-0.3, -0.25) is 14.4 Å². The summed E-state index contributed by atoms with van der Waals surface area (Å²) in [5, 5.41) is 31.3. The minimum absolute atomic E-state index is 0.00942. The van der Waals surface area contributed by atoms with Crippen LogP contribution in [0.25, 0.3) is 0 Å². The van der Waals surface area contributed by atoms with Gasteiger partial charge in [-0.1, -0.05) is 48.5 Å². The van der Waals surface area contributed by atoms with Crippen LogP contribution in [0.15, 0.2) is 66.9 Å². The number of carbonyl (C=O) groups excluding carboxylic acids is 3. The second-order valence-corrected chi connectivity index (χ2v) is 7.91. The number of ketones is 3. The largest absolute Gasteiger partial charge is 0.376 e. The van der Waals surface area contributed by atoms with Gasteiger partial charge in [0.05, 0.1) is 11.6 Å². The van der Waals surface area contributed by atoms with Gasteiger partial charge in [-0.15, -0.1) is 0 Å². The second-order valence-electron chi connectivity index (χ2n) is 7.91. The van der Waals surface area contributed by atoms with Crippen LogP contribution in [0.2, 0.25) is 0 Å². The van der Waals surface area contributed by atoms with Gasteiger partial charge in [0.15, 0.2) is 5.60 Å². The number of carbonyl (C=O) groups is 3. The zero-order valence-corrected chi connectivity index (χ0v) is 15.9. The maximum atomic E-state index is 13.6. The van der Waals surface area contributed by atoms with E-state index in [1.165, 1.54) is 42.6 Å². The summed E-state index contributed by atoms with van der Waals surface area (Å²) in [6.45, 7) is 0. The number of hydrogen-bond acceptors (Lipinski definition) is 8. The molecule has 8 heteroatoms. The fourth-order valence-corrected chi connectivity index (χ4v) is 5.21. The van der Waals surface area contributed by atoms with Crippen molar-refractivity contribution in [1.29, 1.82) is 0 Å². The first-order valence-electron chi connectivity index (χ1n) is 9.63. The van der Waals surface area contributed by atoms with E-state index in [9.17, 15) is 24.6 Å². The Bertz CT molecular complexity index is 1290. The number of aromatic nitrogens is 2. The van der Waals surface area contributed by atoms with Crippen molar-refractivity contribution in [2.75, 3.05) is 0 Å². The molecule has 1 saturated heterocycles. The van der Waals surface area contributed by atoms with E-state index in [4.69, 9.17) is 4.74 Å². The summed E-state index contributed by atoms with van der Waals surface area (Å²) in [6.07, 6.45) is 1.38. The molecule has 3 atom stereocenters. The van der Waals surface area contributed by atoms with Crippen LogP contribution in [-0.2, 0) is 10.5 Å². The van der Waals surface area contributed by atoms with Crippen molar-refractivity contribution in [2.45, 2.75) is 22.9 Å². The third-order valence-corrected chi connectivity index (χ3v) is 6.51. The lowest BCUT2D eigenvalue weighted by Gasteiger charge is -2.32. The zero-order valence-electron chi connectivity index (χ0n) is 15.9. The van der Waals surface area contributed by atoms with Crippen LogP contribution in [0.5, 0.6) is 0 Å². The third kappa shape index (κ3) is 1.80. The molecule has 6 rings (SSSR count). The highest BCUT2D eigenvalue weighted by molar-refractivity contribution is 6.34. The van der Waals surface area contributed by atoms with Gasteiger partial charge in [0.1, 0.15) is 0 Å². The quantitative estimate of drug-likeness (QED) is 0.569. The van der Waals surface area contributed by atoms with Crippen molar-refractivity contribution in [3.63, 3.8) is 0 Å². The van der Waals surface area contributed by atoms with Gasteiger partial charge in [0, 0.05) is 28.5 Å². The van der Waals surface area contributed by atoms with E-state index in [0.717, 1.165) is 0 Å². The highest BCUT2D eigenvalue weighted by Gasteiger charge is 2.83. The highest BCUT2D eigenvalue weighted by Crippen LogP contribution is 2.64. The molecule has 1 aromatic heterocycles. The standard InChI is InChI=1S/C23H14N2O6/c26-18-12-6-1-2-7-13(12)19(27)21(18)17(16-10-5-11-24-25-16)22(29)20(28)14-8-3-4-9-15(14)23(22,30)31-21/h1-11,17,29-30H/t17-,22-,23+/m0/s1. The summed E-state index contributed by atoms with van der Waals surface area (Å²) in [4.78, 5) is 40.7. The first-order valence-corrected chi connectivity index (χ1v) is 9.63. The number of fused-ring (bicyclic) bond motifs is 4. The van der Waals surface area contributed by atoms with Crippen LogP contribution in [0.1, 0.15) is 48.2 Å². The molecule has 1 aliphatic heterocycles. The van der Waals surface area contributed by atoms with E-state index in [1.807, 2.05) is 0 Å². The predicted octanol–water partition coefficient (Wildman–Crippen LogP) is 1.18. The number of Topliss-reactive ketones (excluding diaryl/α,β-unsaturated/α-hetero) is 3. The van der Waals surface area contributed by atoms with Crippen molar-refractivity contribution in [3.8, 4) is 0 Å². The molecule has 3 aliphatic rings. The fourth-order valence-electron chi connectivity index (χ4n) is 5.21. The Morgan fingerprint density at radius 3 is 2.00 bits per heavy atom. The van der Waals surface area contributed by atoms with Crippen LogP contribution in [0.4, 0.5) is 0 Å². The topological polar surface area (TPSA) is 127 Å². The highest BCUT2D eigenvalue weighted by atomic mass is 16.7. The van der Waals surface area contributed by atoms with Crippen LogP contribution in [-0.4, -0.2) is 49.0 Å². The smallest absolute Gasteiger partial charge is 0.233 e. The van der Waals surface area contributed by atoms with Crippen molar-refractivity contribution in [3.05, 3.63) is 94.8 Å². The lowest BCUT2D eigenvalue weighted by Crippen LogP contribution is -2.54.